The molecule has 0 saturated heterocycles. The quantitative estimate of drug-likeness (QED) is 0.0689. The maximum absolute atomic E-state index is 2.60. The Labute approximate surface area is 240 Å². The van der Waals surface area contributed by atoms with E-state index in [-0.39, 0.29) is 0 Å². The van der Waals surface area contributed by atoms with Crippen molar-refractivity contribution in [2.45, 2.75) is 214 Å². The molecule has 0 bridgehead atoms. The number of nitrogens with zero attached hydrogens (tertiary/aromatic N) is 2. The molecule has 2 nitrogen and oxygen atoms in total. The smallest absolute Gasteiger partial charge is 0.234 e. The summed E-state index contributed by atoms with van der Waals surface area (Å²) in [6, 6.07) is 0. The van der Waals surface area contributed by atoms with Crippen molar-refractivity contribution in [1.29, 1.82) is 0 Å². The maximum Gasteiger partial charge on any atom is 0.256 e. The molecule has 38 heavy (non-hydrogen) atoms. The van der Waals surface area contributed by atoms with Gasteiger partial charge in [0, 0.05) is 6.42 Å². The number of unbranched alkanes of at least 4 members (excludes halogenated alkanes) is 24. The standard InChI is InChI=1S/C36H71N2/c1-4-7-10-12-14-16-18-19-20-21-22-24-26-28-30-33-38-35-34-37(32-9-6-3)36(38)31-29-27-25-23-17-15-13-11-8-5-2/h34-35H,4-33H2,1-3H3/q+1. The average molecular weight is 532 g/mol. The molecule has 1 rings (SSSR count). The number of imidazole rings is 1. The first kappa shape index (κ1) is 35.2. The molecule has 1 aromatic heterocycles. The molecule has 0 atom stereocenters. The first-order valence-electron chi connectivity index (χ1n) is 17.9. The van der Waals surface area contributed by atoms with Gasteiger partial charge in [-0.25, -0.2) is 9.13 Å². The molecule has 0 aliphatic rings. The summed E-state index contributed by atoms with van der Waals surface area (Å²) < 4.78 is 5.17. The SMILES string of the molecule is CCCCCCCCCCCCCCCCC[n+]1ccn(CCCC)c1CCCCCCCCCCCC. The second-order valence-electron chi connectivity index (χ2n) is 12.3. The highest BCUT2D eigenvalue weighted by molar-refractivity contribution is 4.84. The maximum atomic E-state index is 2.60. The van der Waals surface area contributed by atoms with Crippen molar-refractivity contribution in [2.24, 2.45) is 0 Å². The number of hydrogen-bond donors (Lipinski definition) is 0. The minimum absolute atomic E-state index is 1.20. The molecule has 0 aliphatic heterocycles. The van der Waals surface area contributed by atoms with Crippen LogP contribution in [-0.4, -0.2) is 4.57 Å². The van der Waals surface area contributed by atoms with E-state index in [1.165, 1.54) is 193 Å². The zero-order chi connectivity index (χ0) is 27.4. The van der Waals surface area contributed by atoms with Gasteiger partial charge in [-0.05, 0) is 25.7 Å². The summed E-state index contributed by atoms with van der Waals surface area (Å²) in [5, 5.41) is 0. The predicted molar refractivity (Wildman–Crippen MR) is 170 cm³/mol. The Balaban J connectivity index is 2.11. The van der Waals surface area contributed by atoms with Gasteiger partial charge in [-0.1, -0.05) is 168 Å². The lowest BCUT2D eigenvalue weighted by molar-refractivity contribution is -0.704. The van der Waals surface area contributed by atoms with E-state index < -0.39 is 0 Å². The van der Waals surface area contributed by atoms with Crippen LogP contribution in [-0.2, 0) is 19.5 Å². The van der Waals surface area contributed by atoms with Crippen molar-refractivity contribution in [2.75, 3.05) is 0 Å². The van der Waals surface area contributed by atoms with Gasteiger partial charge in [-0.15, -0.1) is 0 Å². The zero-order valence-corrected chi connectivity index (χ0v) is 26.8. The summed E-state index contributed by atoms with van der Waals surface area (Å²) in [5.41, 5.74) is 0. The minimum atomic E-state index is 1.20. The number of aryl methyl sites for hydroxylation is 2. The first-order chi connectivity index (χ1) is 18.8. The summed E-state index contributed by atoms with van der Waals surface area (Å²) in [7, 11) is 0. The fraction of sp³-hybridized carbons (Fsp3) is 0.917. The molecule has 224 valence electrons. The third-order valence-electron chi connectivity index (χ3n) is 8.60. The molecule has 2 heteroatoms. The van der Waals surface area contributed by atoms with Gasteiger partial charge >= 0.3 is 0 Å². The lowest BCUT2D eigenvalue weighted by Crippen LogP contribution is -2.37. The molecule has 0 aromatic carbocycles. The van der Waals surface area contributed by atoms with Crippen molar-refractivity contribution in [1.82, 2.24) is 4.57 Å². The van der Waals surface area contributed by atoms with E-state index in [2.05, 4.69) is 42.3 Å². The highest BCUT2D eigenvalue weighted by Gasteiger charge is 2.16. The van der Waals surface area contributed by atoms with Crippen LogP contribution in [0.1, 0.15) is 200 Å². The van der Waals surface area contributed by atoms with Crippen molar-refractivity contribution in [3.05, 3.63) is 18.2 Å². The molecule has 0 N–H and O–H groups in total. The second-order valence-corrected chi connectivity index (χ2v) is 12.3. The summed E-state index contributed by atoms with van der Waals surface area (Å²) in [5.74, 6) is 1.60. The lowest BCUT2D eigenvalue weighted by atomic mass is 10.0. The predicted octanol–water partition coefficient (Wildman–Crippen LogP) is 11.9. The Morgan fingerprint density at radius 2 is 0.816 bits per heavy atom. The van der Waals surface area contributed by atoms with E-state index >= 15 is 0 Å². The van der Waals surface area contributed by atoms with Gasteiger partial charge in [0.2, 0.25) is 0 Å². The summed E-state index contributed by atoms with van der Waals surface area (Å²) in [6.07, 6.45) is 44.5. The number of rotatable bonds is 30. The number of hydrogen-bond acceptors (Lipinski definition) is 0. The van der Waals surface area contributed by atoms with E-state index in [4.69, 9.17) is 0 Å². The minimum Gasteiger partial charge on any atom is -0.234 e. The third-order valence-corrected chi connectivity index (χ3v) is 8.60. The Kier molecular flexibility index (Phi) is 25.7. The molecular formula is C36H71N2+. The first-order valence-corrected chi connectivity index (χ1v) is 17.9. The van der Waals surface area contributed by atoms with Gasteiger partial charge in [0.25, 0.3) is 5.82 Å². The Bertz CT molecular complexity index is 590. The second kappa shape index (κ2) is 27.8. The van der Waals surface area contributed by atoms with Crippen LogP contribution >= 0.6 is 0 Å². The Hall–Kier alpha value is -0.790. The molecule has 0 radical (unpaired) electrons. The monoisotopic (exact) mass is 532 g/mol. The van der Waals surface area contributed by atoms with E-state index in [0.717, 1.165) is 0 Å². The van der Waals surface area contributed by atoms with Crippen LogP contribution < -0.4 is 4.57 Å². The molecule has 0 unspecified atom stereocenters. The molecule has 0 spiro atoms. The van der Waals surface area contributed by atoms with Crippen molar-refractivity contribution >= 4 is 0 Å². The van der Waals surface area contributed by atoms with Crippen LogP contribution in [0.3, 0.4) is 0 Å². The fourth-order valence-electron chi connectivity index (χ4n) is 5.94. The van der Waals surface area contributed by atoms with Gasteiger partial charge in [-0.3, -0.25) is 0 Å². The van der Waals surface area contributed by atoms with Gasteiger partial charge < -0.3 is 0 Å². The van der Waals surface area contributed by atoms with Crippen molar-refractivity contribution < 1.29 is 4.57 Å². The van der Waals surface area contributed by atoms with E-state index in [9.17, 15) is 0 Å². The van der Waals surface area contributed by atoms with Crippen molar-refractivity contribution in [3.63, 3.8) is 0 Å². The summed E-state index contributed by atoms with van der Waals surface area (Å²) in [6.45, 7) is 9.36. The van der Waals surface area contributed by atoms with Gasteiger partial charge in [0.05, 0.1) is 13.1 Å². The van der Waals surface area contributed by atoms with Gasteiger partial charge in [-0.2, -0.15) is 0 Å². The van der Waals surface area contributed by atoms with E-state index in [0.29, 0.717) is 0 Å². The molecule has 1 aromatic rings. The van der Waals surface area contributed by atoms with Crippen LogP contribution in [0.2, 0.25) is 0 Å². The summed E-state index contributed by atoms with van der Waals surface area (Å²) in [4.78, 5) is 0. The lowest BCUT2D eigenvalue weighted by Gasteiger charge is -2.07. The van der Waals surface area contributed by atoms with Gasteiger partial charge in [0.15, 0.2) is 0 Å². The zero-order valence-electron chi connectivity index (χ0n) is 26.8. The molecule has 0 amide bonds. The number of aromatic nitrogens is 2. The molecule has 0 saturated carbocycles. The Morgan fingerprint density at radius 3 is 1.24 bits per heavy atom. The molecular weight excluding hydrogens is 460 g/mol. The van der Waals surface area contributed by atoms with Crippen LogP contribution in [0.4, 0.5) is 0 Å². The third kappa shape index (κ3) is 20.2. The fourth-order valence-corrected chi connectivity index (χ4v) is 5.94. The van der Waals surface area contributed by atoms with E-state index in [1.807, 2.05) is 0 Å². The van der Waals surface area contributed by atoms with Crippen molar-refractivity contribution in [3.8, 4) is 0 Å². The van der Waals surface area contributed by atoms with E-state index in [1.54, 1.807) is 5.82 Å². The highest BCUT2D eigenvalue weighted by atomic mass is 15.1. The molecule has 1 heterocycles. The molecule has 0 aliphatic carbocycles. The van der Waals surface area contributed by atoms with Crippen LogP contribution in [0, 0.1) is 0 Å². The van der Waals surface area contributed by atoms with Crippen LogP contribution in [0.15, 0.2) is 12.4 Å². The topological polar surface area (TPSA) is 8.81 Å². The van der Waals surface area contributed by atoms with Crippen LogP contribution in [0.25, 0.3) is 0 Å². The van der Waals surface area contributed by atoms with Gasteiger partial charge in [0.1, 0.15) is 12.4 Å². The van der Waals surface area contributed by atoms with Crippen LogP contribution in [0.5, 0.6) is 0 Å². The average Bonchev–Trinajstić information content (AvgIpc) is 3.31. The normalized spacial score (nSPS) is 11.6. The molecule has 0 fully saturated rings. The largest absolute Gasteiger partial charge is 0.256 e. The highest BCUT2D eigenvalue weighted by Crippen LogP contribution is 2.15. The Morgan fingerprint density at radius 1 is 0.447 bits per heavy atom. The summed E-state index contributed by atoms with van der Waals surface area (Å²) >= 11 is 0.